The van der Waals surface area contributed by atoms with Gasteiger partial charge in [-0.3, -0.25) is 0 Å². The van der Waals surface area contributed by atoms with Crippen LogP contribution in [0, 0.1) is 0 Å². The summed E-state index contributed by atoms with van der Waals surface area (Å²) in [6.07, 6.45) is 0.995. The molecule has 0 aliphatic rings. The van der Waals surface area contributed by atoms with E-state index in [0.29, 0.717) is 5.11 Å². The van der Waals surface area contributed by atoms with Crippen LogP contribution in [0.1, 0.15) is 38.3 Å². The minimum absolute atomic E-state index is 0.0847. The predicted octanol–water partition coefficient (Wildman–Crippen LogP) is 7.02. The van der Waals surface area contributed by atoms with Crippen LogP contribution in [0.2, 0.25) is 0 Å². The topological polar surface area (TPSA) is 24.1 Å². The van der Waals surface area contributed by atoms with E-state index in [4.69, 9.17) is 12.2 Å². The molecule has 0 heterocycles. The Kier molecular flexibility index (Phi) is 7.94. The molecule has 0 aliphatic carbocycles. The van der Waals surface area contributed by atoms with Crippen molar-refractivity contribution in [3.8, 4) is 0 Å². The van der Waals surface area contributed by atoms with Gasteiger partial charge in [-0.15, -0.1) is 11.8 Å². The summed E-state index contributed by atoms with van der Waals surface area (Å²) in [7, 11) is 0. The highest BCUT2D eigenvalue weighted by atomic mass is 32.2. The van der Waals surface area contributed by atoms with E-state index in [2.05, 4.69) is 110 Å². The number of hydrogen-bond donors (Lipinski definition) is 2. The van der Waals surface area contributed by atoms with Crippen LogP contribution in [0.5, 0.6) is 0 Å². The highest BCUT2D eigenvalue weighted by molar-refractivity contribution is 7.98. The number of thiocarbonyl (C=S) groups is 1. The molecule has 0 bridgehead atoms. The quantitative estimate of drug-likeness (QED) is 0.294. The smallest absolute Gasteiger partial charge is 0.170 e. The Morgan fingerprint density at radius 1 is 0.900 bits per heavy atom. The second-order valence-corrected chi connectivity index (χ2v) is 9.71. The van der Waals surface area contributed by atoms with Gasteiger partial charge in [-0.25, -0.2) is 0 Å². The van der Waals surface area contributed by atoms with Crippen molar-refractivity contribution in [3.05, 3.63) is 96.1 Å². The van der Waals surface area contributed by atoms with Gasteiger partial charge in [0.25, 0.3) is 0 Å². The minimum atomic E-state index is 0.0847. The van der Waals surface area contributed by atoms with Gasteiger partial charge in [-0.1, -0.05) is 74.5 Å². The zero-order valence-electron chi connectivity index (χ0n) is 17.9. The Labute approximate surface area is 190 Å². The highest BCUT2D eigenvalue weighted by Crippen LogP contribution is 2.28. The Balaban J connectivity index is 1.47. The molecule has 3 aromatic rings. The third-order valence-corrected chi connectivity index (χ3v) is 6.41. The Hall–Kier alpha value is -2.30. The minimum Gasteiger partial charge on any atom is -0.360 e. The first kappa shape index (κ1) is 22.4. The first-order valence-corrected chi connectivity index (χ1v) is 11.7. The molecule has 0 amide bonds. The SMILES string of the molecule is CC(CC(C)(C)c1ccccc1)NC(=S)Nc1ccc(CSc2ccccc2)cc1. The van der Waals surface area contributed by atoms with Gasteiger partial charge in [0.05, 0.1) is 0 Å². The number of benzene rings is 3. The van der Waals surface area contributed by atoms with E-state index in [1.165, 1.54) is 16.0 Å². The standard InChI is InChI=1S/C26H30N2S2/c1-20(18-26(2,3)22-10-6-4-7-11-22)27-25(29)28-23-16-14-21(15-17-23)19-30-24-12-8-5-9-13-24/h4-17,20H,18-19H2,1-3H3,(H2,27,28,29). The van der Waals surface area contributed by atoms with Crippen molar-refractivity contribution < 1.29 is 0 Å². The summed E-state index contributed by atoms with van der Waals surface area (Å²) in [5, 5.41) is 7.41. The summed E-state index contributed by atoms with van der Waals surface area (Å²) in [6, 6.07) is 29.9. The molecule has 1 atom stereocenters. The van der Waals surface area contributed by atoms with Gasteiger partial charge in [-0.05, 0) is 66.4 Å². The molecule has 4 heteroatoms. The third-order valence-electron chi connectivity index (χ3n) is 5.11. The van der Waals surface area contributed by atoms with Crippen LogP contribution in [-0.4, -0.2) is 11.2 Å². The lowest BCUT2D eigenvalue weighted by Gasteiger charge is -2.29. The fourth-order valence-electron chi connectivity index (χ4n) is 3.58. The maximum Gasteiger partial charge on any atom is 0.170 e. The maximum atomic E-state index is 5.54. The molecule has 0 saturated carbocycles. The molecule has 3 aromatic carbocycles. The largest absolute Gasteiger partial charge is 0.360 e. The van der Waals surface area contributed by atoms with Gasteiger partial charge >= 0.3 is 0 Å². The van der Waals surface area contributed by atoms with Crippen molar-refractivity contribution in [1.82, 2.24) is 5.32 Å². The lowest BCUT2D eigenvalue weighted by molar-refractivity contribution is 0.420. The summed E-state index contributed by atoms with van der Waals surface area (Å²) in [5.41, 5.74) is 3.74. The van der Waals surface area contributed by atoms with Crippen molar-refractivity contribution in [3.63, 3.8) is 0 Å². The monoisotopic (exact) mass is 434 g/mol. The fourth-order valence-corrected chi connectivity index (χ4v) is 4.78. The van der Waals surface area contributed by atoms with Gasteiger partial charge in [0.1, 0.15) is 0 Å². The molecule has 156 valence electrons. The van der Waals surface area contributed by atoms with Crippen molar-refractivity contribution in [2.24, 2.45) is 0 Å². The number of nitrogens with one attached hydrogen (secondary N) is 2. The van der Waals surface area contributed by atoms with Gasteiger partial charge in [0.2, 0.25) is 0 Å². The molecule has 0 saturated heterocycles. The third kappa shape index (κ3) is 6.89. The highest BCUT2D eigenvalue weighted by Gasteiger charge is 2.23. The molecule has 0 radical (unpaired) electrons. The van der Waals surface area contributed by atoms with Crippen LogP contribution >= 0.6 is 24.0 Å². The molecular weight excluding hydrogens is 404 g/mol. The van der Waals surface area contributed by atoms with Gasteiger partial charge in [0, 0.05) is 22.4 Å². The van der Waals surface area contributed by atoms with E-state index in [9.17, 15) is 0 Å². The summed E-state index contributed by atoms with van der Waals surface area (Å²) < 4.78 is 0. The molecule has 1 unspecified atom stereocenters. The maximum absolute atomic E-state index is 5.54. The first-order chi connectivity index (χ1) is 14.4. The van der Waals surface area contributed by atoms with Crippen molar-refractivity contribution in [1.29, 1.82) is 0 Å². The molecule has 30 heavy (non-hydrogen) atoms. The summed E-state index contributed by atoms with van der Waals surface area (Å²) in [6.45, 7) is 6.74. The first-order valence-electron chi connectivity index (χ1n) is 10.3. The van der Waals surface area contributed by atoms with E-state index in [-0.39, 0.29) is 11.5 Å². The average molecular weight is 435 g/mol. The average Bonchev–Trinajstić information content (AvgIpc) is 2.74. The fraction of sp³-hybridized carbons (Fsp3) is 0.269. The van der Waals surface area contributed by atoms with Crippen LogP contribution < -0.4 is 10.6 Å². The second-order valence-electron chi connectivity index (χ2n) is 8.25. The van der Waals surface area contributed by atoms with E-state index < -0.39 is 0 Å². The Morgan fingerprint density at radius 2 is 1.50 bits per heavy atom. The van der Waals surface area contributed by atoms with Gasteiger partial charge < -0.3 is 10.6 Å². The van der Waals surface area contributed by atoms with Gasteiger partial charge in [-0.2, -0.15) is 0 Å². The summed E-state index contributed by atoms with van der Waals surface area (Å²) in [5.74, 6) is 0.957. The normalized spacial score (nSPS) is 12.2. The van der Waals surface area contributed by atoms with Crippen molar-refractivity contribution in [2.75, 3.05) is 5.32 Å². The lowest BCUT2D eigenvalue weighted by Crippen LogP contribution is -2.39. The molecule has 2 N–H and O–H groups in total. The second kappa shape index (κ2) is 10.6. The van der Waals surface area contributed by atoms with Gasteiger partial charge in [0.15, 0.2) is 5.11 Å². The zero-order chi connectivity index (χ0) is 21.4. The zero-order valence-corrected chi connectivity index (χ0v) is 19.5. The molecule has 3 rings (SSSR count). The van der Waals surface area contributed by atoms with E-state index >= 15 is 0 Å². The van der Waals surface area contributed by atoms with Crippen molar-refractivity contribution in [2.45, 2.75) is 49.3 Å². The Morgan fingerprint density at radius 3 is 2.13 bits per heavy atom. The summed E-state index contributed by atoms with van der Waals surface area (Å²) in [4.78, 5) is 1.29. The molecular formula is C26H30N2S2. The Bertz CT molecular complexity index is 922. The number of anilines is 1. The molecule has 0 fully saturated rings. The van der Waals surface area contributed by atoms with Crippen molar-refractivity contribution >= 4 is 34.8 Å². The van der Waals surface area contributed by atoms with Crippen LogP contribution in [0.4, 0.5) is 5.69 Å². The molecule has 2 nitrogen and oxygen atoms in total. The molecule has 0 spiro atoms. The van der Waals surface area contributed by atoms with E-state index in [1.807, 2.05) is 17.8 Å². The number of hydrogen-bond acceptors (Lipinski definition) is 2. The van der Waals surface area contributed by atoms with E-state index in [0.717, 1.165) is 17.9 Å². The number of rotatable bonds is 8. The van der Waals surface area contributed by atoms with Crippen LogP contribution in [0.25, 0.3) is 0 Å². The predicted molar refractivity (Wildman–Crippen MR) is 135 cm³/mol. The molecule has 0 aliphatic heterocycles. The molecule has 0 aromatic heterocycles. The van der Waals surface area contributed by atoms with E-state index in [1.54, 1.807) is 0 Å². The number of thioether (sulfide) groups is 1. The lowest BCUT2D eigenvalue weighted by atomic mass is 9.79. The van der Waals surface area contributed by atoms with Crippen LogP contribution in [-0.2, 0) is 11.2 Å². The summed E-state index contributed by atoms with van der Waals surface area (Å²) >= 11 is 7.39. The van der Waals surface area contributed by atoms with Crippen LogP contribution in [0.15, 0.2) is 89.8 Å². The van der Waals surface area contributed by atoms with Crippen LogP contribution in [0.3, 0.4) is 0 Å².